The second kappa shape index (κ2) is 7.96. The molecule has 0 fully saturated rings. The average molecular weight is 417 g/mol. The van der Waals surface area contributed by atoms with Gasteiger partial charge in [0.15, 0.2) is 0 Å². The van der Waals surface area contributed by atoms with E-state index in [1.807, 2.05) is 0 Å². The first-order valence-electron chi connectivity index (χ1n) is 8.01. The van der Waals surface area contributed by atoms with E-state index in [9.17, 15) is 16.8 Å². The lowest BCUT2D eigenvalue weighted by Gasteiger charge is -2.18. The fourth-order valence-electron chi connectivity index (χ4n) is 2.41. The Morgan fingerprint density at radius 3 is 2.00 bits per heavy atom. The van der Waals surface area contributed by atoms with Crippen LogP contribution in [-0.4, -0.2) is 34.2 Å². The third-order valence-corrected chi connectivity index (χ3v) is 7.60. The SMILES string of the molecule is CCN(CC)S(=O)(=O)c1ccc(S(=O)(=O)Nc2cc(Cl)ccc2C)cc1. The van der Waals surface area contributed by atoms with E-state index in [2.05, 4.69) is 4.72 Å². The molecule has 0 amide bonds. The summed E-state index contributed by atoms with van der Waals surface area (Å²) in [6.45, 7) is 5.94. The molecular formula is C17H21ClN2O4S2. The highest BCUT2D eigenvalue weighted by Crippen LogP contribution is 2.24. The lowest BCUT2D eigenvalue weighted by molar-refractivity contribution is 0.445. The maximum Gasteiger partial charge on any atom is 0.261 e. The molecule has 1 N–H and O–H groups in total. The molecule has 0 aliphatic heterocycles. The number of nitrogens with zero attached hydrogens (tertiary/aromatic N) is 1. The summed E-state index contributed by atoms with van der Waals surface area (Å²) in [4.78, 5) is 0.0226. The maximum absolute atomic E-state index is 12.6. The van der Waals surface area contributed by atoms with E-state index in [0.29, 0.717) is 23.8 Å². The minimum Gasteiger partial charge on any atom is -0.279 e. The third kappa shape index (κ3) is 4.37. The van der Waals surface area contributed by atoms with E-state index in [4.69, 9.17) is 11.6 Å². The highest BCUT2D eigenvalue weighted by Gasteiger charge is 2.23. The molecule has 0 atom stereocenters. The first-order chi connectivity index (χ1) is 12.1. The van der Waals surface area contributed by atoms with E-state index >= 15 is 0 Å². The van der Waals surface area contributed by atoms with Gasteiger partial charge >= 0.3 is 0 Å². The van der Waals surface area contributed by atoms with Crippen LogP contribution in [0, 0.1) is 6.92 Å². The molecular weight excluding hydrogens is 396 g/mol. The zero-order chi connectivity index (χ0) is 19.5. The number of sulfonamides is 2. The van der Waals surface area contributed by atoms with Crippen LogP contribution in [-0.2, 0) is 20.0 Å². The van der Waals surface area contributed by atoms with Gasteiger partial charge in [-0.15, -0.1) is 0 Å². The number of halogens is 1. The molecule has 0 unspecified atom stereocenters. The monoisotopic (exact) mass is 416 g/mol. The van der Waals surface area contributed by atoms with Gasteiger partial charge < -0.3 is 0 Å². The van der Waals surface area contributed by atoms with E-state index in [1.54, 1.807) is 32.9 Å². The molecule has 142 valence electrons. The summed E-state index contributed by atoms with van der Waals surface area (Å²) in [6.07, 6.45) is 0. The molecule has 0 spiro atoms. The molecule has 0 heterocycles. The normalized spacial score (nSPS) is 12.3. The first kappa shape index (κ1) is 20.7. The topological polar surface area (TPSA) is 83.6 Å². The van der Waals surface area contributed by atoms with Crippen LogP contribution in [0.3, 0.4) is 0 Å². The lowest BCUT2D eigenvalue weighted by Crippen LogP contribution is -2.30. The molecule has 2 rings (SSSR count). The quantitative estimate of drug-likeness (QED) is 0.748. The van der Waals surface area contributed by atoms with Crippen LogP contribution in [0.2, 0.25) is 5.02 Å². The minimum atomic E-state index is -3.86. The van der Waals surface area contributed by atoms with Gasteiger partial charge in [-0.3, -0.25) is 4.72 Å². The molecule has 0 aliphatic rings. The van der Waals surface area contributed by atoms with Gasteiger partial charge in [0.25, 0.3) is 10.0 Å². The van der Waals surface area contributed by atoms with Gasteiger partial charge in [-0.1, -0.05) is 31.5 Å². The predicted octanol–water partition coefficient (Wildman–Crippen LogP) is 3.48. The van der Waals surface area contributed by atoms with E-state index in [-0.39, 0.29) is 9.79 Å². The smallest absolute Gasteiger partial charge is 0.261 e. The molecule has 26 heavy (non-hydrogen) atoms. The second-order valence-electron chi connectivity index (χ2n) is 5.63. The summed E-state index contributed by atoms with van der Waals surface area (Å²) in [7, 11) is -7.50. The number of benzene rings is 2. The van der Waals surface area contributed by atoms with Crippen LogP contribution in [0.4, 0.5) is 5.69 Å². The van der Waals surface area contributed by atoms with E-state index < -0.39 is 20.0 Å². The molecule has 2 aromatic carbocycles. The number of nitrogens with one attached hydrogen (secondary N) is 1. The van der Waals surface area contributed by atoms with Crippen LogP contribution in [0.25, 0.3) is 0 Å². The Morgan fingerprint density at radius 2 is 1.46 bits per heavy atom. The largest absolute Gasteiger partial charge is 0.279 e. The summed E-state index contributed by atoms with van der Waals surface area (Å²) in [5.41, 5.74) is 1.09. The highest BCUT2D eigenvalue weighted by atomic mass is 35.5. The van der Waals surface area contributed by atoms with Crippen molar-refractivity contribution in [1.82, 2.24) is 4.31 Å². The fourth-order valence-corrected chi connectivity index (χ4v) is 5.16. The zero-order valence-electron chi connectivity index (χ0n) is 14.7. The Balaban J connectivity index is 2.33. The van der Waals surface area contributed by atoms with Gasteiger partial charge in [-0.05, 0) is 48.9 Å². The number of hydrogen-bond donors (Lipinski definition) is 1. The summed E-state index contributed by atoms with van der Waals surface area (Å²) in [5, 5.41) is 0.411. The van der Waals surface area contributed by atoms with Crippen molar-refractivity contribution >= 4 is 37.3 Å². The van der Waals surface area contributed by atoms with Gasteiger partial charge in [-0.2, -0.15) is 4.31 Å². The van der Waals surface area contributed by atoms with Crippen LogP contribution in [0.15, 0.2) is 52.3 Å². The van der Waals surface area contributed by atoms with Gasteiger partial charge in [-0.25, -0.2) is 16.8 Å². The Labute approximate surface area is 159 Å². The Morgan fingerprint density at radius 1 is 0.923 bits per heavy atom. The second-order valence-corrected chi connectivity index (χ2v) is 9.68. The van der Waals surface area contributed by atoms with Crippen molar-refractivity contribution in [1.29, 1.82) is 0 Å². The van der Waals surface area contributed by atoms with E-state index in [1.165, 1.54) is 34.6 Å². The third-order valence-electron chi connectivity index (χ3n) is 3.92. The molecule has 0 aromatic heterocycles. The molecule has 0 bridgehead atoms. The maximum atomic E-state index is 12.6. The van der Waals surface area contributed by atoms with Gasteiger partial charge in [0.2, 0.25) is 10.0 Å². The number of aryl methyl sites for hydroxylation is 1. The van der Waals surface area contributed by atoms with Gasteiger partial charge in [0.05, 0.1) is 15.5 Å². The van der Waals surface area contributed by atoms with Gasteiger partial charge in [0.1, 0.15) is 0 Å². The Kier molecular flexibility index (Phi) is 6.33. The van der Waals surface area contributed by atoms with Crippen LogP contribution < -0.4 is 4.72 Å². The lowest BCUT2D eigenvalue weighted by atomic mass is 10.2. The van der Waals surface area contributed by atoms with Crippen molar-refractivity contribution in [2.75, 3.05) is 17.8 Å². The standard InChI is InChI=1S/C17H21ClN2O4S2/c1-4-20(5-2)26(23,24)16-10-8-15(9-11-16)25(21,22)19-17-12-14(18)7-6-13(17)3/h6-12,19H,4-5H2,1-3H3. The molecule has 6 nitrogen and oxygen atoms in total. The number of hydrogen-bond acceptors (Lipinski definition) is 4. The zero-order valence-corrected chi connectivity index (χ0v) is 17.1. The summed E-state index contributed by atoms with van der Waals surface area (Å²) in [5.74, 6) is 0. The van der Waals surface area contributed by atoms with Crippen LogP contribution >= 0.6 is 11.6 Å². The molecule has 0 aliphatic carbocycles. The number of rotatable bonds is 7. The number of anilines is 1. The summed E-state index contributed by atoms with van der Waals surface area (Å²) < 4.78 is 53.9. The molecule has 0 radical (unpaired) electrons. The van der Waals surface area contributed by atoms with E-state index in [0.717, 1.165) is 5.56 Å². The molecule has 0 saturated heterocycles. The fraction of sp³-hybridized carbons (Fsp3) is 0.294. The molecule has 9 heteroatoms. The summed E-state index contributed by atoms with van der Waals surface area (Å²) >= 11 is 5.91. The van der Waals surface area contributed by atoms with Crippen molar-refractivity contribution in [3.8, 4) is 0 Å². The molecule has 0 saturated carbocycles. The van der Waals surface area contributed by atoms with Gasteiger partial charge in [0, 0.05) is 18.1 Å². The van der Waals surface area contributed by atoms with Crippen molar-refractivity contribution in [3.63, 3.8) is 0 Å². The average Bonchev–Trinajstić information content (AvgIpc) is 2.59. The van der Waals surface area contributed by atoms with Crippen LogP contribution in [0.1, 0.15) is 19.4 Å². The van der Waals surface area contributed by atoms with Crippen LogP contribution in [0.5, 0.6) is 0 Å². The highest BCUT2D eigenvalue weighted by molar-refractivity contribution is 7.92. The van der Waals surface area contributed by atoms with Crippen molar-refractivity contribution < 1.29 is 16.8 Å². The Hall–Kier alpha value is -1.61. The minimum absolute atomic E-state index is 0.0321. The van der Waals surface area contributed by atoms with Crippen molar-refractivity contribution in [2.45, 2.75) is 30.6 Å². The summed E-state index contributed by atoms with van der Waals surface area (Å²) in [6, 6.07) is 10.0. The van der Waals surface area contributed by atoms with Crippen molar-refractivity contribution in [2.24, 2.45) is 0 Å². The van der Waals surface area contributed by atoms with Crippen molar-refractivity contribution in [3.05, 3.63) is 53.1 Å². The Bertz CT molecular complexity index is 984. The first-order valence-corrected chi connectivity index (χ1v) is 11.3. The predicted molar refractivity (Wildman–Crippen MR) is 104 cm³/mol. The molecule has 2 aromatic rings.